The van der Waals surface area contributed by atoms with E-state index in [2.05, 4.69) is 108 Å². The molecule has 2 aliphatic carbocycles. The summed E-state index contributed by atoms with van der Waals surface area (Å²) in [6.07, 6.45) is 14.9. The highest BCUT2D eigenvalue weighted by Gasteiger charge is 2.45. The lowest BCUT2D eigenvalue weighted by Crippen LogP contribution is -2.50. The van der Waals surface area contributed by atoms with E-state index in [4.69, 9.17) is 0 Å². The van der Waals surface area contributed by atoms with E-state index in [1.165, 1.54) is 39.2 Å². The van der Waals surface area contributed by atoms with Crippen LogP contribution in [0, 0.1) is 17.8 Å². The Labute approximate surface area is 202 Å². The van der Waals surface area contributed by atoms with Crippen molar-refractivity contribution < 1.29 is 0 Å². The van der Waals surface area contributed by atoms with Crippen LogP contribution in [0.3, 0.4) is 0 Å². The largest absolute Gasteiger partial charge is 0.326 e. The van der Waals surface area contributed by atoms with E-state index in [1.54, 1.807) is 0 Å². The van der Waals surface area contributed by atoms with Gasteiger partial charge in [-0.1, -0.05) is 86.4 Å². The van der Waals surface area contributed by atoms with Gasteiger partial charge in [0, 0.05) is 40.7 Å². The van der Waals surface area contributed by atoms with Gasteiger partial charge < -0.3 is 4.90 Å². The van der Waals surface area contributed by atoms with Crippen molar-refractivity contribution in [3.8, 4) is 11.8 Å². The molecule has 0 saturated heterocycles. The van der Waals surface area contributed by atoms with Crippen molar-refractivity contribution in [2.24, 2.45) is 5.92 Å². The minimum Gasteiger partial charge on any atom is -0.326 e. The molecule has 0 bridgehead atoms. The molecular formula is C32H28N2. The Bertz CT molecular complexity index is 1400. The summed E-state index contributed by atoms with van der Waals surface area (Å²) >= 11 is 0. The molecule has 0 radical (unpaired) electrons. The third-order valence-electron chi connectivity index (χ3n) is 7.54. The number of hydrogen-bond acceptors (Lipinski definition) is 2. The molecule has 166 valence electrons. The van der Waals surface area contributed by atoms with Gasteiger partial charge in [-0.2, -0.15) is 0 Å². The molecule has 0 N–H and O–H groups in total. The number of aromatic nitrogens is 1. The van der Waals surface area contributed by atoms with Gasteiger partial charge in [-0.15, -0.1) is 0 Å². The van der Waals surface area contributed by atoms with E-state index < -0.39 is 0 Å². The van der Waals surface area contributed by atoms with Gasteiger partial charge in [0.05, 0.1) is 0 Å². The fraction of sp³-hybridized carbons (Fsp3) is 0.219. The van der Waals surface area contributed by atoms with Crippen molar-refractivity contribution in [1.29, 1.82) is 0 Å². The van der Waals surface area contributed by atoms with Crippen LogP contribution < -0.4 is 4.90 Å². The highest BCUT2D eigenvalue weighted by Crippen LogP contribution is 2.51. The summed E-state index contributed by atoms with van der Waals surface area (Å²) in [5.74, 6) is 7.18. The zero-order chi connectivity index (χ0) is 23.1. The fourth-order valence-electron chi connectivity index (χ4n) is 5.78. The van der Waals surface area contributed by atoms with Crippen LogP contribution in [0.5, 0.6) is 0 Å². The summed E-state index contributed by atoms with van der Waals surface area (Å²) in [4.78, 5) is 6.83. The van der Waals surface area contributed by atoms with Crippen molar-refractivity contribution in [3.63, 3.8) is 0 Å². The van der Waals surface area contributed by atoms with Crippen LogP contribution in [-0.4, -0.2) is 11.0 Å². The predicted octanol–water partition coefficient (Wildman–Crippen LogP) is 7.33. The Morgan fingerprint density at radius 2 is 1.79 bits per heavy atom. The number of fused-ring (bicyclic) bond motifs is 2. The van der Waals surface area contributed by atoms with E-state index in [0.717, 1.165) is 12.8 Å². The second-order valence-electron chi connectivity index (χ2n) is 9.85. The number of benzene rings is 2. The highest BCUT2D eigenvalue weighted by atomic mass is 15.2. The van der Waals surface area contributed by atoms with E-state index in [9.17, 15) is 0 Å². The van der Waals surface area contributed by atoms with E-state index in [-0.39, 0.29) is 11.5 Å². The minimum atomic E-state index is 0.0125. The number of rotatable bonds is 3. The van der Waals surface area contributed by atoms with Crippen molar-refractivity contribution in [1.82, 2.24) is 4.98 Å². The maximum absolute atomic E-state index is 4.33. The highest BCUT2D eigenvalue weighted by molar-refractivity contribution is 5.90. The zero-order valence-corrected chi connectivity index (χ0v) is 19.7. The van der Waals surface area contributed by atoms with Crippen LogP contribution in [-0.2, 0) is 5.41 Å². The smallest absolute Gasteiger partial charge is 0.103 e. The van der Waals surface area contributed by atoms with Gasteiger partial charge in [-0.05, 0) is 59.4 Å². The summed E-state index contributed by atoms with van der Waals surface area (Å²) in [5.41, 5.74) is 8.99. The van der Waals surface area contributed by atoms with Crippen molar-refractivity contribution >= 4 is 22.5 Å². The molecule has 6 rings (SSSR count). The second-order valence-corrected chi connectivity index (χ2v) is 9.85. The van der Waals surface area contributed by atoms with Gasteiger partial charge in [0.1, 0.15) is 6.04 Å². The van der Waals surface area contributed by atoms with Gasteiger partial charge in [0.2, 0.25) is 0 Å². The number of allylic oxidation sites excluding steroid dienone is 5. The summed E-state index contributed by atoms with van der Waals surface area (Å²) in [6.45, 7) is 4.72. The molecule has 1 aliphatic heterocycles. The van der Waals surface area contributed by atoms with Crippen LogP contribution in [0.4, 0.5) is 11.4 Å². The quantitative estimate of drug-likeness (QED) is 0.396. The first kappa shape index (κ1) is 20.8. The van der Waals surface area contributed by atoms with Gasteiger partial charge in [-0.3, -0.25) is 4.98 Å². The lowest BCUT2D eigenvalue weighted by molar-refractivity contribution is 0.338. The first-order chi connectivity index (χ1) is 16.6. The molecule has 0 spiro atoms. The minimum absolute atomic E-state index is 0.0125. The van der Waals surface area contributed by atoms with Crippen LogP contribution in [0.2, 0.25) is 0 Å². The van der Waals surface area contributed by atoms with Gasteiger partial charge in [-0.25, -0.2) is 0 Å². The first-order valence-corrected chi connectivity index (χ1v) is 12.1. The topological polar surface area (TPSA) is 16.1 Å². The summed E-state index contributed by atoms with van der Waals surface area (Å²) in [5, 5.41) is 0. The Morgan fingerprint density at radius 3 is 2.65 bits per heavy atom. The summed E-state index contributed by atoms with van der Waals surface area (Å²) in [7, 11) is 0. The molecule has 3 aliphatic rings. The van der Waals surface area contributed by atoms with Gasteiger partial charge in [0.25, 0.3) is 0 Å². The van der Waals surface area contributed by atoms with Crippen LogP contribution >= 0.6 is 0 Å². The molecule has 2 heteroatoms. The Kier molecular flexibility index (Phi) is 5.00. The van der Waals surface area contributed by atoms with E-state index in [1.807, 2.05) is 24.5 Å². The molecule has 2 nitrogen and oxygen atoms in total. The molecule has 2 aromatic carbocycles. The summed E-state index contributed by atoms with van der Waals surface area (Å²) < 4.78 is 0. The molecule has 0 fully saturated rings. The molecular weight excluding hydrogens is 412 g/mol. The van der Waals surface area contributed by atoms with Crippen LogP contribution in [0.1, 0.15) is 43.4 Å². The molecule has 2 heterocycles. The SMILES string of the molecule is CC1(C)c2ccccc2N(c2ccccc2C2=CC(c3cccnc3)=CCC2)C2C#CC=CC21. The van der Waals surface area contributed by atoms with Crippen molar-refractivity contribution in [2.45, 2.75) is 38.1 Å². The number of pyridine rings is 1. The normalized spacial score (nSPS) is 22.0. The van der Waals surface area contributed by atoms with E-state index in [0.29, 0.717) is 5.92 Å². The fourth-order valence-corrected chi connectivity index (χ4v) is 5.78. The van der Waals surface area contributed by atoms with Crippen molar-refractivity contribution in [2.75, 3.05) is 4.90 Å². The molecule has 0 amide bonds. The molecule has 2 atom stereocenters. The predicted molar refractivity (Wildman–Crippen MR) is 142 cm³/mol. The monoisotopic (exact) mass is 440 g/mol. The molecule has 2 unspecified atom stereocenters. The van der Waals surface area contributed by atoms with Gasteiger partial charge >= 0.3 is 0 Å². The Morgan fingerprint density at radius 1 is 0.971 bits per heavy atom. The lowest BCUT2D eigenvalue weighted by Gasteiger charge is -2.50. The average molecular weight is 441 g/mol. The number of anilines is 2. The maximum Gasteiger partial charge on any atom is 0.103 e. The van der Waals surface area contributed by atoms with Gasteiger partial charge in [0.15, 0.2) is 0 Å². The number of hydrogen-bond donors (Lipinski definition) is 0. The second kappa shape index (κ2) is 8.19. The Balaban J connectivity index is 1.51. The zero-order valence-electron chi connectivity index (χ0n) is 19.7. The molecule has 3 aromatic rings. The number of nitrogens with zero attached hydrogens (tertiary/aromatic N) is 2. The van der Waals surface area contributed by atoms with E-state index >= 15 is 0 Å². The van der Waals surface area contributed by atoms with Crippen LogP contribution in [0.15, 0.2) is 97.4 Å². The number of para-hydroxylation sites is 2. The third kappa shape index (κ3) is 3.32. The molecule has 34 heavy (non-hydrogen) atoms. The summed E-state index contributed by atoms with van der Waals surface area (Å²) in [6, 6.07) is 22.0. The Hall–Kier alpha value is -3.83. The van der Waals surface area contributed by atoms with Crippen LogP contribution in [0.25, 0.3) is 11.1 Å². The maximum atomic E-state index is 4.33. The lowest BCUT2D eigenvalue weighted by atomic mass is 9.65. The molecule has 0 saturated carbocycles. The molecule has 1 aromatic heterocycles. The third-order valence-corrected chi connectivity index (χ3v) is 7.54. The average Bonchev–Trinajstić information content (AvgIpc) is 2.90. The standard InChI is InChI=1S/C32H28N2/c1-32(2)27-15-4-7-18-30(27)34(31-19-8-5-16-28(31)32)29-17-6-3-14-26(29)24-12-9-11-23(21-24)25-13-10-20-33-22-25/h3-7,10-11,13-18,20-22,28,31H,9,12H2,1-2H3. The van der Waals surface area contributed by atoms with Crippen molar-refractivity contribution in [3.05, 3.63) is 114 Å². The first-order valence-electron chi connectivity index (χ1n) is 12.1.